The standard InChI is InChI=1S/C20H19N7O3/c1-29-7-8-30-15-11-22-20(23-12-15)14-4-2-3-13(9-14)10-18-25-24-17-6-5-16(19(21)28)26-27(17)18/h2-6,9,11-12H,7-8,10H2,1H3,(H2,21,28). The molecule has 4 aromatic rings. The Labute approximate surface area is 171 Å². The molecule has 0 fully saturated rings. The number of carbonyl (C=O) groups excluding carboxylic acids is 1. The number of primary amides is 1. The van der Waals surface area contributed by atoms with Gasteiger partial charge in [-0.05, 0) is 23.8 Å². The third-order valence-corrected chi connectivity index (χ3v) is 4.31. The zero-order valence-corrected chi connectivity index (χ0v) is 16.2. The van der Waals surface area contributed by atoms with Crippen LogP contribution >= 0.6 is 0 Å². The number of aromatic nitrogens is 6. The number of amides is 1. The maximum atomic E-state index is 11.4. The van der Waals surface area contributed by atoms with Gasteiger partial charge < -0.3 is 15.2 Å². The zero-order valence-electron chi connectivity index (χ0n) is 16.2. The van der Waals surface area contributed by atoms with E-state index in [1.54, 1.807) is 25.6 Å². The van der Waals surface area contributed by atoms with Crippen LogP contribution < -0.4 is 10.5 Å². The van der Waals surface area contributed by atoms with E-state index < -0.39 is 5.91 Å². The maximum Gasteiger partial charge on any atom is 0.269 e. The summed E-state index contributed by atoms with van der Waals surface area (Å²) < 4.78 is 12.0. The number of hydrogen-bond donors (Lipinski definition) is 1. The topological polar surface area (TPSA) is 130 Å². The van der Waals surface area contributed by atoms with Crippen LogP contribution in [0.15, 0.2) is 48.8 Å². The van der Waals surface area contributed by atoms with Gasteiger partial charge in [-0.15, -0.1) is 10.2 Å². The van der Waals surface area contributed by atoms with Gasteiger partial charge in [0.15, 0.2) is 23.0 Å². The minimum absolute atomic E-state index is 0.151. The lowest BCUT2D eigenvalue weighted by Crippen LogP contribution is -2.15. The highest BCUT2D eigenvalue weighted by Gasteiger charge is 2.12. The van der Waals surface area contributed by atoms with Crippen LogP contribution in [0.25, 0.3) is 17.0 Å². The molecule has 0 bridgehead atoms. The van der Waals surface area contributed by atoms with Gasteiger partial charge in [-0.25, -0.2) is 9.97 Å². The van der Waals surface area contributed by atoms with Crippen LogP contribution in [0.2, 0.25) is 0 Å². The van der Waals surface area contributed by atoms with Crippen molar-refractivity contribution in [2.75, 3.05) is 20.3 Å². The summed E-state index contributed by atoms with van der Waals surface area (Å²) in [4.78, 5) is 20.2. The van der Waals surface area contributed by atoms with E-state index in [2.05, 4.69) is 25.3 Å². The Bertz CT molecular complexity index is 1170. The molecule has 0 aliphatic rings. The van der Waals surface area contributed by atoms with Gasteiger partial charge in [-0.3, -0.25) is 4.79 Å². The zero-order chi connectivity index (χ0) is 20.9. The van der Waals surface area contributed by atoms with Crippen LogP contribution in [-0.2, 0) is 11.2 Å². The van der Waals surface area contributed by atoms with Crippen molar-refractivity contribution in [3.05, 3.63) is 65.9 Å². The van der Waals surface area contributed by atoms with Crippen LogP contribution in [-0.4, -0.2) is 56.0 Å². The lowest BCUT2D eigenvalue weighted by atomic mass is 10.1. The van der Waals surface area contributed by atoms with Crippen LogP contribution in [0.5, 0.6) is 5.75 Å². The fourth-order valence-corrected chi connectivity index (χ4v) is 2.86. The molecule has 0 spiro atoms. The molecule has 0 radical (unpaired) electrons. The van der Waals surface area contributed by atoms with Crippen LogP contribution in [0.3, 0.4) is 0 Å². The van der Waals surface area contributed by atoms with Gasteiger partial charge in [-0.2, -0.15) is 9.61 Å². The number of nitrogens with two attached hydrogens (primary N) is 1. The molecule has 2 N–H and O–H groups in total. The van der Waals surface area contributed by atoms with E-state index in [4.69, 9.17) is 15.2 Å². The van der Waals surface area contributed by atoms with Crippen molar-refractivity contribution in [2.45, 2.75) is 6.42 Å². The van der Waals surface area contributed by atoms with Crippen molar-refractivity contribution < 1.29 is 14.3 Å². The maximum absolute atomic E-state index is 11.4. The Balaban J connectivity index is 1.55. The molecule has 0 saturated carbocycles. The molecule has 3 aromatic heterocycles. The first kappa shape index (κ1) is 19.4. The summed E-state index contributed by atoms with van der Waals surface area (Å²) in [5, 5.41) is 12.5. The normalized spacial score (nSPS) is 11.0. The fraction of sp³-hybridized carbons (Fsp3) is 0.200. The minimum Gasteiger partial charge on any atom is -0.488 e. The molecule has 10 nitrogen and oxygen atoms in total. The lowest BCUT2D eigenvalue weighted by Gasteiger charge is -2.07. The van der Waals surface area contributed by atoms with E-state index in [-0.39, 0.29) is 5.69 Å². The van der Waals surface area contributed by atoms with E-state index in [1.807, 2.05) is 24.3 Å². The summed E-state index contributed by atoms with van der Waals surface area (Å²) >= 11 is 0. The average molecular weight is 405 g/mol. The monoisotopic (exact) mass is 405 g/mol. The average Bonchev–Trinajstić information content (AvgIpc) is 3.16. The van der Waals surface area contributed by atoms with E-state index in [0.29, 0.717) is 42.7 Å². The van der Waals surface area contributed by atoms with Crippen molar-refractivity contribution in [3.63, 3.8) is 0 Å². The van der Waals surface area contributed by atoms with Crippen molar-refractivity contribution in [3.8, 4) is 17.1 Å². The van der Waals surface area contributed by atoms with Crippen molar-refractivity contribution >= 4 is 11.6 Å². The quantitative estimate of drug-likeness (QED) is 0.434. The molecule has 0 atom stereocenters. The minimum atomic E-state index is -0.606. The highest BCUT2D eigenvalue weighted by molar-refractivity contribution is 5.90. The van der Waals surface area contributed by atoms with Crippen LogP contribution in [0.4, 0.5) is 0 Å². The van der Waals surface area contributed by atoms with Crippen molar-refractivity contribution in [1.29, 1.82) is 0 Å². The Morgan fingerprint density at radius 2 is 1.93 bits per heavy atom. The number of carbonyl (C=O) groups is 1. The molecule has 152 valence electrons. The molecule has 30 heavy (non-hydrogen) atoms. The summed E-state index contributed by atoms with van der Waals surface area (Å²) in [7, 11) is 1.62. The smallest absolute Gasteiger partial charge is 0.269 e. The molecule has 1 amide bonds. The first-order chi connectivity index (χ1) is 14.6. The summed E-state index contributed by atoms with van der Waals surface area (Å²) in [6.45, 7) is 0.934. The van der Waals surface area contributed by atoms with Gasteiger partial charge in [0.2, 0.25) is 0 Å². The Morgan fingerprint density at radius 3 is 2.70 bits per heavy atom. The SMILES string of the molecule is COCCOc1cnc(-c2cccc(Cc3nnc4ccc(C(N)=O)nn34)c2)nc1. The highest BCUT2D eigenvalue weighted by Crippen LogP contribution is 2.19. The summed E-state index contributed by atoms with van der Waals surface area (Å²) in [5.74, 6) is 1.15. The Morgan fingerprint density at radius 1 is 1.10 bits per heavy atom. The number of benzene rings is 1. The molecule has 1 aromatic carbocycles. The predicted molar refractivity (Wildman–Crippen MR) is 107 cm³/mol. The van der Waals surface area contributed by atoms with E-state index in [1.165, 1.54) is 10.6 Å². The third-order valence-electron chi connectivity index (χ3n) is 4.31. The second-order valence-corrected chi connectivity index (χ2v) is 6.43. The van der Waals surface area contributed by atoms with Crippen LogP contribution in [0.1, 0.15) is 21.9 Å². The number of fused-ring (bicyclic) bond motifs is 1. The van der Waals surface area contributed by atoms with Crippen molar-refractivity contribution in [2.24, 2.45) is 5.73 Å². The molecular weight excluding hydrogens is 386 g/mol. The molecule has 0 unspecified atom stereocenters. The predicted octanol–water partition coefficient (Wildman–Crippen LogP) is 1.30. The lowest BCUT2D eigenvalue weighted by molar-refractivity contribution is 0.0994. The largest absolute Gasteiger partial charge is 0.488 e. The summed E-state index contributed by atoms with van der Waals surface area (Å²) in [5.41, 5.74) is 7.84. The third kappa shape index (κ3) is 4.23. The number of hydrogen-bond acceptors (Lipinski definition) is 8. The first-order valence-corrected chi connectivity index (χ1v) is 9.18. The first-order valence-electron chi connectivity index (χ1n) is 9.18. The van der Waals surface area contributed by atoms with Crippen molar-refractivity contribution in [1.82, 2.24) is 29.8 Å². The number of nitrogens with zero attached hydrogens (tertiary/aromatic N) is 6. The summed E-state index contributed by atoms with van der Waals surface area (Å²) in [6, 6.07) is 11.0. The second kappa shape index (κ2) is 8.62. The van der Waals surface area contributed by atoms with E-state index in [9.17, 15) is 4.79 Å². The highest BCUT2D eigenvalue weighted by atomic mass is 16.5. The number of ether oxygens (including phenoxy) is 2. The second-order valence-electron chi connectivity index (χ2n) is 6.43. The molecule has 0 aliphatic heterocycles. The molecule has 0 saturated heterocycles. The molecule has 0 aliphatic carbocycles. The molecular formula is C20H19N7O3. The van der Waals surface area contributed by atoms with Gasteiger partial charge >= 0.3 is 0 Å². The number of methoxy groups -OCH3 is 1. The fourth-order valence-electron chi connectivity index (χ4n) is 2.86. The molecule has 10 heteroatoms. The summed E-state index contributed by atoms with van der Waals surface area (Å²) in [6.07, 6.45) is 3.72. The molecule has 4 rings (SSSR count). The van der Waals surface area contributed by atoms with Gasteiger partial charge in [-0.1, -0.05) is 18.2 Å². The van der Waals surface area contributed by atoms with Gasteiger partial charge in [0.05, 0.1) is 19.0 Å². The van der Waals surface area contributed by atoms with Gasteiger partial charge in [0.25, 0.3) is 5.91 Å². The molecule has 3 heterocycles. The van der Waals surface area contributed by atoms with Gasteiger partial charge in [0, 0.05) is 19.1 Å². The van der Waals surface area contributed by atoms with E-state index >= 15 is 0 Å². The van der Waals surface area contributed by atoms with Gasteiger partial charge in [0.1, 0.15) is 12.3 Å². The Hall–Kier alpha value is -3.92. The number of rotatable bonds is 8. The van der Waals surface area contributed by atoms with E-state index in [0.717, 1.165) is 11.1 Å². The Kier molecular flexibility index (Phi) is 5.57. The van der Waals surface area contributed by atoms with Crippen LogP contribution in [0, 0.1) is 0 Å².